The molecular formula is C20H33N. The van der Waals surface area contributed by atoms with E-state index in [-0.39, 0.29) is 10.8 Å². The zero-order valence-corrected chi connectivity index (χ0v) is 15.2. The van der Waals surface area contributed by atoms with Gasteiger partial charge in [0.25, 0.3) is 0 Å². The Hall–Kier alpha value is -1.50. The topological polar surface area (TPSA) is 12.0 Å². The second kappa shape index (κ2) is 7.49. The SMILES string of the molecule is C=C(/C=C\NC)C(=C)C(C)(C)/C(C)=C/C(=C\C)C(C)(C)C. The highest BCUT2D eigenvalue weighted by molar-refractivity contribution is 5.45. The third-order valence-electron chi connectivity index (χ3n) is 4.13. The summed E-state index contributed by atoms with van der Waals surface area (Å²) in [6.07, 6.45) is 8.34. The fourth-order valence-electron chi connectivity index (χ4n) is 2.07. The summed E-state index contributed by atoms with van der Waals surface area (Å²) in [5.41, 5.74) is 4.68. The summed E-state index contributed by atoms with van der Waals surface area (Å²) in [6, 6.07) is 0. The summed E-state index contributed by atoms with van der Waals surface area (Å²) < 4.78 is 0. The molecule has 0 saturated carbocycles. The molecule has 0 fully saturated rings. The van der Waals surface area contributed by atoms with Crippen LogP contribution in [0.25, 0.3) is 0 Å². The van der Waals surface area contributed by atoms with Gasteiger partial charge in [0.2, 0.25) is 0 Å². The van der Waals surface area contributed by atoms with E-state index in [2.05, 4.69) is 79.1 Å². The molecule has 0 aromatic heterocycles. The first-order chi connectivity index (χ1) is 9.48. The van der Waals surface area contributed by atoms with E-state index in [1.165, 1.54) is 11.1 Å². The fraction of sp³-hybridized carbons (Fsp3) is 0.500. The summed E-state index contributed by atoms with van der Waals surface area (Å²) in [7, 11) is 1.88. The third kappa shape index (κ3) is 5.41. The molecule has 0 unspecified atom stereocenters. The molecule has 0 spiro atoms. The first-order valence-corrected chi connectivity index (χ1v) is 7.56. The van der Waals surface area contributed by atoms with Crippen molar-refractivity contribution in [3.63, 3.8) is 0 Å². The van der Waals surface area contributed by atoms with Crippen LogP contribution in [0, 0.1) is 10.8 Å². The Labute approximate surface area is 132 Å². The van der Waals surface area contributed by atoms with Crippen LogP contribution < -0.4 is 5.32 Å². The van der Waals surface area contributed by atoms with E-state index in [0.29, 0.717) is 0 Å². The lowest BCUT2D eigenvalue weighted by Crippen LogP contribution is -2.18. The van der Waals surface area contributed by atoms with Crippen molar-refractivity contribution in [3.05, 3.63) is 59.9 Å². The molecule has 0 radical (unpaired) electrons. The normalized spacial score (nSPS) is 14.5. The Morgan fingerprint density at radius 3 is 1.95 bits per heavy atom. The van der Waals surface area contributed by atoms with Crippen molar-refractivity contribution in [2.45, 2.75) is 48.5 Å². The predicted octanol–water partition coefficient (Wildman–Crippen LogP) is 5.80. The van der Waals surface area contributed by atoms with E-state index in [9.17, 15) is 0 Å². The minimum absolute atomic E-state index is 0.116. The van der Waals surface area contributed by atoms with Crippen molar-refractivity contribution in [3.8, 4) is 0 Å². The van der Waals surface area contributed by atoms with Gasteiger partial charge in [-0.05, 0) is 48.3 Å². The number of hydrogen-bond donors (Lipinski definition) is 1. The van der Waals surface area contributed by atoms with Gasteiger partial charge in [0, 0.05) is 12.5 Å². The van der Waals surface area contributed by atoms with Gasteiger partial charge < -0.3 is 5.32 Å². The molecule has 0 aliphatic rings. The van der Waals surface area contributed by atoms with Crippen molar-refractivity contribution in [2.24, 2.45) is 10.8 Å². The zero-order chi connectivity index (χ0) is 16.8. The maximum atomic E-state index is 4.26. The average molecular weight is 287 g/mol. The van der Waals surface area contributed by atoms with Crippen molar-refractivity contribution in [1.29, 1.82) is 0 Å². The molecule has 1 N–H and O–H groups in total. The molecule has 0 aliphatic carbocycles. The standard InChI is InChI=1S/C20H33N/c1-11-18(19(5,6)7)14-16(3)20(8,9)17(4)15(2)12-13-21-10/h11-14,21H,2,4H2,1,3,5-10H3/b13-12-,16-14+,18-11+. The third-order valence-corrected chi connectivity index (χ3v) is 4.13. The van der Waals surface area contributed by atoms with Gasteiger partial charge in [-0.2, -0.15) is 0 Å². The average Bonchev–Trinajstić information content (AvgIpc) is 2.39. The van der Waals surface area contributed by atoms with E-state index in [1.807, 2.05) is 19.3 Å². The Balaban J connectivity index is 5.46. The quantitative estimate of drug-likeness (QED) is 0.609. The Kier molecular flexibility index (Phi) is 6.96. The lowest BCUT2D eigenvalue weighted by molar-refractivity contribution is 0.506. The highest BCUT2D eigenvalue weighted by Gasteiger charge is 2.26. The molecule has 0 bridgehead atoms. The summed E-state index contributed by atoms with van der Waals surface area (Å²) in [4.78, 5) is 0. The van der Waals surface area contributed by atoms with Gasteiger partial charge >= 0.3 is 0 Å². The van der Waals surface area contributed by atoms with Gasteiger partial charge in [-0.25, -0.2) is 0 Å². The molecule has 118 valence electrons. The first kappa shape index (κ1) is 19.5. The summed E-state index contributed by atoms with van der Waals surface area (Å²) >= 11 is 0. The van der Waals surface area contributed by atoms with E-state index < -0.39 is 0 Å². The van der Waals surface area contributed by atoms with E-state index >= 15 is 0 Å². The van der Waals surface area contributed by atoms with Crippen LogP contribution in [-0.4, -0.2) is 7.05 Å². The van der Waals surface area contributed by atoms with Crippen molar-refractivity contribution >= 4 is 0 Å². The van der Waals surface area contributed by atoms with Crippen LogP contribution in [0.2, 0.25) is 0 Å². The molecule has 1 nitrogen and oxygen atoms in total. The number of allylic oxidation sites excluding steroid dienone is 7. The monoisotopic (exact) mass is 287 g/mol. The van der Waals surface area contributed by atoms with Crippen LogP contribution in [-0.2, 0) is 0 Å². The number of nitrogens with one attached hydrogen (secondary N) is 1. The largest absolute Gasteiger partial charge is 0.394 e. The molecule has 1 heteroatoms. The van der Waals surface area contributed by atoms with Gasteiger partial charge in [-0.3, -0.25) is 0 Å². The van der Waals surface area contributed by atoms with Crippen LogP contribution in [0.15, 0.2) is 59.9 Å². The van der Waals surface area contributed by atoms with E-state index in [4.69, 9.17) is 0 Å². The minimum atomic E-state index is -0.116. The summed E-state index contributed by atoms with van der Waals surface area (Å²) in [6.45, 7) is 23.8. The van der Waals surface area contributed by atoms with Crippen molar-refractivity contribution < 1.29 is 0 Å². The van der Waals surface area contributed by atoms with Gasteiger partial charge in [-0.15, -0.1) is 0 Å². The maximum Gasteiger partial charge on any atom is 0.0105 e. The highest BCUT2D eigenvalue weighted by Crippen LogP contribution is 2.39. The first-order valence-electron chi connectivity index (χ1n) is 7.56. The molecule has 0 amide bonds. The predicted molar refractivity (Wildman–Crippen MR) is 97.2 cm³/mol. The summed E-state index contributed by atoms with van der Waals surface area (Å²) in [5, 5.41) is 2.99. The molecule has 0 aromatic rings. The molecule has 21 heavy (non-hydrogen) atoms. The highest BCUT2D eigenvalue weighted by atomic mass is 14.8. The lowest BCUT2D eigenvalue weighted by Gasteiger charge is -2.31. The second-order valence-corrected chi connectivity index (χ2v) is 7.07. The Morgan fingerprint density at radius 1 is 1.05 bits per heavy atom. The number of rotatable bonds is 6. The van der Waals surface area contributed by atoms with Crippen molar-refractivity contribution in [1.82, 2.24) is 5.32 Å². The Morgan fingerprint density at radius 2 is 1.57 bits per heavy atom. The van der Waals surface area contributed by atoms with Crippen LogP contribution in [0.3, 0.4) is 0 Å². The zero-order valence-electron chi connectivity index (χ0n) is 15.2. The lowest BCUT2D eigenvalue weighted by atomic mass is 9.73. The molecule has 0 atom stereocenters. The maximum absolute atomic E-state index is 4.26. The smallest absolute Gasteiger partial charge is 0.0105 e. The number of hydrogen-bond acceptors (Lipinski definition) is 1. The van der Waals surface area contributed by atoms with Crippen LogP contribution in [0.1, 0.15) is 48.5 Å². The molecule has 0 heterocycles. The van der Waals surface area contributed by atoms with Crippen LogP contribution in [0.5, 0.6) is 0 Å². The van der Waals surface area contributed by atoms with Crippen LogP contribution in [0.4, 0.5) is 0 Å². The van der Waals surface area contributed by atoms with Gasteiger partial charge in [0.05, 0.1) is 0 Å². The molecule has 0 aromatic carbocycles. The fourth-order valence-corrected chi connectivity index (χ4v) is 2.07. The molecule has 0 saturated heterocycles. The Bertz CT molecular complexity index is 476. The molecular weight excluding hydrogens is 254 g/mol. The van der Waals surface area contributed by atoms with Crippen molar-refractivity contribution in [2.75, 3.05) is 7.05 Å². The second-order valence-electron chi connectivity index (χ2n) is 7.07. The summed E-state index contributed by atoms with van der Waals surface area (Å²) in [5.74, 6) is 0. The van der Waals surface area contributed by atoms with Gasteiger partial charge in [0.15, 0.2) is 0 Å². The van der Waals surface area contributed by atoms with Gasteiger partial charge in [0.1, 0.15) is 0 Å². The minimum Gasteiger partial charge on any atom is -0.394 e. The van der Waals surface area contributed by atoms with E-state index in [1.54, 1.807) is 0 Å². The van der Waals surface area contributed by atoms with Gasteiger partial charge in [-0.1, -0.05) is 65.5 Å². The molecule has 0 rings (SSSR count). The van der Waals surface area contributed by atoms with Crippen LogP contribution >= 0.6 is 0 Å². The van der Waals surface area contributed by atoms with E-state index in [0.717, 1.165) is 11.1 Å². The molecule has 0 aliphatic heterocycles.